The number of hydrogen-bond acceptors (Lipinski definition) is 4. The molecular weight excluding hydrogens is 362 g/mol. The number of allylic oxidation sites excluding steroid dienone is 2. The summed E-state index contributed by atoms with van der Waals surface area (Å²) in [7, 11) is 0. The summed E-state index contributed by atoms with van der Waals surface area (Å²) in [5.74, 6) is -0.136. The van der Waals surface area contributed by atoms with Gasteiger partial charge in [-0.3, -0.25) is 14.8 Å². The van der Waals surface area contributed by atoms with Crippen molar-refractivity contribution in [1.29, 1.82) is 0 Å². The summed E-state index contributed by atoms with van der Waals surface area (Å²) < 4.78 is 5.14. The summed E-state index contributed by atoms with van der Waals surface area (Å²) >= 11 is 0. The van der Waals surface area contributed by atoms with Crippen molar-refractivity contribution in [2.24, 2.45) is 0 Å². The van der Waals surface area contributed by atoms with Crippen LogP contribution in [0.4, 0.5) is 0 Å². The Kier molecular flexibility index (Phi) is 5.47. The molecule has 1 aliphatic heterocycles. The Morgan fingerprint density at radius 1 is 1.24 bits per heavy atom. The standard InChI is InChI=1S/C24H26N3O2/c1-3-29-21(28)7-4-12-24(16-18-10-14-25-15-11-18)19-6-5-13-26-22(19)23-20(24)9-8-17(2)27-23/h5-6,8-11,13-15,17H,3-4,7,12,16H2,1-2H3/q-1. The van der Waals surface area contributed by atoms with Crippen LogP contribution in [-0.2, 0) is 21.4 Å². The SMILES string of the molecule is CCOC(=O)CCCC1(Cc2ccncc2)C2=C([N-]C(C)C=C2)c2ncccc21. The number of esters is 1. The fraction of sp³-hybridized carbons (Fsp3) is 0.375. The molecule has 150 valence electrons. The maximum absolute atomic E-state index is 12.0. The zero-order valence-corrected chi connectivity index (χ0v) is 17.0. The van der Waals surface area contributed by atoms with Gasteiger partial charge < -0.3 is 10.1 Å². The van der Waals surface area contributed by atoms with E-state index in [4.69, 9.17) is 15.0 Å². The number of pyridine rings is 2. The quantitative estimate of drug-likeness (QED) is 0.642. The van der Waals surface area contributed by atoms with Gasteiger partial charge in [-0.15, -0.1) is 11.7 Å². The Bertz CT molecular complexity index is 952. The Morgan fingerprint density at radius 2 is 2.07 bits per heavy atom. The smallest absolute Gasteiger partial charge is 0.305 e. The van der Waals surface area contributed by atoms with Crippen molar-refractivity contribution in [3.63, 3.8) is 0 Å². The van der Waals surface area contributed by atoms with Gasteiger partial charge in [-0.1, -0.05) is 30.7 Å². The molecule has 29 heavy (non-hydrogen) atoms. The highest BCUT2D eigenvalue weighted by Crippen LogP contribution is 2.54. The summed E-state index contributed by atoms with van der Waals surface area (Å²) in [6.45, 7) is 4.35. The zero-order chi connectivity index (χ0) is 20.3. The molecule has 0 aromatic carbocycles. The molecule has 0 saturated carbocycles. The summed E-state index contributed by atoms with van der Waals surface area (Å²) in [4.78, 5) is 20.8. The average Bonchev–Trinajstić information content (AvgIpc) is 2.99. The molecule has 0 spiro atoms. The molecule has 5 heteroatoms. The lowest BCUT2D eigenvalue weighted by atomic mass is 9.69. The molecule has 2 aromatic rings. The van der Waals surface area contributed by atoms with Crippen LogP contribution in [0.3, 0.4) is 0 Å². The predicted octanol–water partition coefficient (Wildman–Crippen LogP) is 4.75. The van der Waals surface area contributed by atoms with Gasteiger partial charge in [0.05, 0.1) is 12.3 Å². The minimum atomic E-state index is -0.257. The highest BCUT2D eigenvalue weighted by molar-refractivity contribution is 5.88. The van der Waals surface area contributed by atoms with E-state index >= 15 is 0 Å². The van der Waals surface area contributed by atoms with E-state index in [-0.39, 0.29) is 17.4 Å². The second-order valence-corrected chi connectivity index (χ2v) is 7.66. The molecule has 0 saturated heterocycles. The van der Waals surface area contributed by atoms with Crippen LogP contribution < -0.4 is 0 Å². The van der Waals surface area contributed by atoms with Crippen molar-refractivity contribution < 1.29 is 9.53 Å². The van der Waals surface area contributed by atoms with Crippen LogP contribution in [0.2, 0.25) is 0 Å². The van der Waals surface area contributed by atoms with E-state index < -0.39 is 0 Å². The van der Waals surface area contributed by atoms with Gasteiger partial charge in [-0.25, -0.2) is 0 Å². The van der Waals surface area contributed by atoms with Gasteiger partial charge in [-0.2, -0.15) is 0 Å². The largest absolute Gasteiger partial charge is 0.677 e. The summed E-state index contributed by atoms with van der Waals surface area (Å²) in [6.07, 6.45) is 12.7. The molecule has 0 bridgehead atoms. The normalized spacial score (nSPS) is 22.1. The van der Waals surface area contributed by atoms with Gasteiger partial charge in [0.15, 0.2) is 0 Å². The lowest BCUT2D eigenvalue weighted by Crippen LogP contribution is -2.30. The molecule has 3 heterocycles. The third-order valence-corrected chi connectivity index (χ3v) is 5.74. The molecule has 1 aliphatic carbocycles. The van der Waals surface area contributed by atoms with Crippen LogP contribution in [0.15, 0.2) is 60.6 Å². The third-order valence-electron chi connectivity index (χ3n) is 5.74. The van der Waals surface area contributed by atoms with E-state index in [9.17, 15) is 4.79 Å². The first-order valence-electron chi connectivity index (χ1n) is 10.3. The monoisotopic (exact) mass is 388 g/mol. The van der Waals surface area contributed by atoms with Gasteiger partial charge in [0, 0.05) is 30.4 Å². The first-order chi connectivity index (χ1) is 14.1. The lowest BCUT2D eigenvalue weighted by Gasteiger charge is -2.38. The Hall–Kier alpha value is -2.95. The number of ether oxygens (including phenoxy) is 1. The topological polar surface area (TPSA) is 66.2 Å². The van der Waals surface area contributed by atoms with Crippen LogP contribution in [0.1, 0.15) is 49.9 Å². The van der Waals surface area contributed by atoms with Gasteiger partial charge in [0.25, 0.3) is 0 Å². The lowest BCUT2D eigenvalue weighted by molar-refractivity contribution is -0.143. The Labute approximate surface area is 171 Å². The Balaban J connectivity index is 1.74. The van der Waals surface area contributed by atoms with Gasteiger partial charge in [0.1, 0.15) is 0 Å². The van der Waals surface area contributed by atoms with E-state index in [0.29, 0.717) is 13.0 Å². The first kappa shape index (κ1) is 19.4. The van der Waals surface area contributed by atoms with Crippen molar-refractivity contribution in [2.45, 2.75) is 51.0 Å². The van der Waals surface area contributed by atoms with E-state index in [1.807, 2.05) is 31.6 Å². The van der Waals surface area contributed by atoms with Crippen molar-refractivity contribution in [3.05, 3.63) is 82.7 Å². The van der Waals surface area contributed by atoms with Gasteiger partial charge in [0.2, 0.25) is 0 Å². The van der Waals surface area contributed by atoms with Crippen molar-refractivity contribution in [2.75, 3.05) is 6.61 Å². The maximum Gasteiger partial charge on any atom is 0.305 e. The van der Waals surface area contributed by atoms with Crippen molar-refractivity contribution in [1.82, 2.24) is 9.97 Å². The fourth-order valence-corrected chi connectivity index (χ4v) is 4.50. The minimum absolute atomic E-state index is 0.136. The number of aromatic nitrogens is 2. The molecule has 0 radical (unpaired) electrons. The van der Waals surface area contributed by atoms with E-state index in [1.54, 1.807) is 0 Å². The summed E-state index contributed by atoms with van der Waals surface area (Å²) in [5.41, 5.74) is 5.35. The number of hydrogen-bond donors (Lipinski definition) is 0. The summed E-state index contributed by atoms with van der Waals surface area (Å²) in [5, 5.41) is 4.92. The molecule has 5 nitrogen and oxygen atoms in total. The van der Waals surface area contributed by atoms with Crippen LogP contribution in [0.25, 0.3) is 11.0 Å². The molecule has 0 fully saturated rings. The van der Waals surface area contributed by atoms with Gasteiger partial charge >= 0.3 is 5.97 Å². The molecule has 2 aromatic heterocycles. The maximum atomic E-state index is 12.0. The molecule has 0 N–H and O–H groups in total. The van der Waals surface area contributed by atoms with Crippen LogP contribution in [0, 0.1) is 0 Å². The van der Waals surface area contributed by atoms with Crippen LogP contribution in [-0.4, -0.2) is 28.6 Å². The number of carbonyl (C=O) groups is 1. The Morgan fingerprint density at radius 3 is 2.86 bits per heavy atom. The predicted molar refractivity (Wildman–Crippen MR) is 113 cm³/mol. The van der Waals surface area contributed by atoms with E-state index in [1.165, 1.54) is 16.7 Å². The highest BCUT2D eigenvalue weighted by Gasteiger charge is 2.42. The van der Waals surface area contributed by atoms with Crippen molar-refractivity contribution in [3.8, 4) is 0 Å². The first-order valence-corrected chi connectivity index (χ1v) is 10.3. The van der Waals surface area contributed by atoms with Crippen molar-refractivity contribution >= 4 is 11.7 Å². The number of carbonyl (C=O) groups excluding carboxylic acids is 1. The van der Waals surface area contributed by atoms with Crippen LogP contribution >= 0.6 is 0 Å². The highest BCUT2D eigenvalue weighted by atomic mass is 16.5. The molecule has 4 rings (SSSR count). The number of nitrogens with zero attached hydrogens (tertiary/aromatic N) is 3. The molecule has 0 amide bonds. The molecular formula is C24H26N3O2-. The average molecular weight is 388 g/mol. The molecule has 2 atom stereocenters. The second kappa shape index (κ2) is 8.19. The zero-order valence-electron chi connectivity index (χ0n) is 17.0. The fourth-order valence-electron chi connectivity index (χ4n) is 4.50. The second-order valence-electron chi connectivity index (χ2n) is 7.66. The van der Waals surface area contributed by atoms with Gasteiger partial charge in [-0.05, 0) is 55.5 Å². The van der Waals surface area contributed by atoms with E-state index in [2.05, 4.69) is 42.3 Å². The third kappa shape index (κ3) is 3.69. The molecule has 2 unspecified atom stereocenters. The summed E-state index contributed by atoms with van der Waals surface area (Å²) in [6, 6.07) is 8.43. The minimum Gasteiger partial charge on any atom is -0.677 e. The number of rotatable bonds is 7. The van der Waals surface area contributed by atoms with Crippen LogP contribution in [0.5, 0.6) is 0 Å². The number of fused-ring (bicyclic) bond motifs is 2. The van der Waals surface area contributed by atoms with E-state index in [0.717, 1.165) is 30.7 Å². The molecule has 2 aliphatic rings.